The molecular weight excluding hydrogens is 424 g/mol. The lowest BCUT2D eigenvalue weighted by Gasteiger charge is -2.31. The number of sulfonamides is 1. The molecule has 31 heavy (non-hydrogen) atoms. The highest BCUT2D eigenvalue weighted by Gasteiger charge is 2.33. The van der Waals surface area contributed by atoms with E-state index in [1.165, 1.54) is 28.6 Å². The first-order chi connectivity index (χ1) is 14.8. The molecule has 1 fully saturated rings. The van der Waals surface area contributed by atoms with Crippen LogP contribution in [0.5, 0.6) is 0 Å². The molecule has 0 aliphatic carbocycles. The molecular formula is C22H23F2N3O3S. The van der Waals surface area contributed by atoms with Gasteiger partial charge in [0.15, 0.2) is 0 Å². The molecule has 2 aromatic carbocycles. The molecule has 0 bridgehead atoms. The molecule has 1 aromatic heterocycles. The van der Waals surface area contributed by atoms with Crippen LogP contribution in [-0.4, -0.2) is 43.2 Å². The monoisotopic (exact) mass is 447 g/mol. The SMILES string of the molecule is O=C(NCCc1c[nH]c2ccc(F)cc12)[C@H]1CCCN(S(=O)(=O)c2ccc(F)cc2)C1. The maximum Gasteiger partial charge on any atom is 0.243 e. The van der Waals surface area contributed by atoms with Crippen LogP contribution in [0.25, 0.3) is 10.9 Å². The molecule has 6 nitrogen and oxygen atoms in total. The summed E-state index contributed by atoms with van der Waals surface area (Å²) in [6, 6.07) is 9.21. The summed E-state index contributed by atoms with van der Waals surface area (Å²) in [7, 11) is -3.78. The van der Waals surface area contributed by atoms with E-state index in [0.29, 0.717) is 32.4 Å². The molecule has 2 heterocycles. The van der Waals surface area contributed by atoms with E-state index in [1.807, 2.05) is 0 Å². The van der Waals surface area contributed by atoms with Gasteiger partial charge in [-0.15, -0.1) is 0 Å². The number of amides is 1. The van der Waals surface area contributed by atoms with E-state index in [0.717, 1.165) is 28.6 Å². The Bertz CT molecular complexity index is 1190. The Hall–Kier alpha value is -2.78. The standard InChI is InChI=1S/C22H23F2N3O3S/c23-17-3-6-19(7-4-17)31(29,30)27-11-1-2-16(14-27)22(28)25-10-9-15-13-26-21-8-5-18(24)12-20(15)21/h3-8,12-13,16,26H,1-2,9-11,14H2,(H,25,28)/t16-/m0/s1. The van der Waals surface area contributed by atoms with Crippen molar-refractivity contribution >= 4 is 26.8 Å². The molecule has 1 amide bonds. The summed E-state index contributed by atoms with van der Waals surface area (Å²) in [5.74, 6) is -1.48. The highest BCUT2D eigenvalue weighted by molar-refractivity contribution is 7.89. The first-order valence-electron chi connectivity index (χ1n) is 10.1. The fraction of sp³-hybridized carbons (Fsp3) is 0.318. The minimum absolute atomic E-state index is 0.0153. The molecule has 2 N–H and O–H groups in total. The van der Waals surface area contributed by atoms with Gasteiger partial charge in [-0.05, 0) is 67.3 Å². The van der Waals surface area contributed by atoms with Crippen molar-refractivity contribution in [2.75, 3.05) is 19.6 Å². The number of hydrogen-bond acceptors (Lipinski definition) is 3. The van der Waals surface area contributed by atoms with Crippen LogP contribution in [0.15, 0.2) is 53.6 Å². The summed E-state index contributed by atoms with van der Waals surface area (Å²) in [5.41, 5.74) is 1.73. The van der Waals surface area contributed by atoms with Gasteiger partial charge in [-0.1, -0.05) is 0 Å². The zero-order valence-corrected chi connectivity index (χ0v) is 17.6. The summed E-state index contributed by atoms with van der Waals surface area (Å²) in [6.45, 7) is 0.776. The lowest BCUT2D eigenvalue weighted by molar-refractivity contribution is -0.126. The first-order valence-corrected chi connectivity index (χ1v) is 11.6. The smallest absolute Gasteiger partial charge is 0.243 e. The highest BCUT2D eigenvalue weighted by Crippen LogP contribution is 2.24. The predicted molar refractivity (Wildman–Crippen MR) is 113 cm³/mol. The number of nitrogens with zero attached hydrogens (tertiary/aromatic N) is 1. The third kappa shape index (κ3) is 4.62. The largest absolute Gasteiger partial charge is 0.361 e. The quantitative estimate of drug-likeness (QED) is 0.609. The van der Waals surface area contributed by atoms with Gasteiger partial charge < -0.3 is 10.3 Å². The molecule has 1 atom stereocenters. The van der Waals surface area contributed by atoms with Gasteiger partial charge in [0.05, 0.1) is 10.8 Å². The van der Waals surface area contributed by atoms with Crippen molar-refractivity contribution in [1.29, 1.82) is 0 Å². The lowest BCUT2D eigenvalue weighted by atomic mass is 9.98. The summed E-state index contributed by atoms with van der Waals surface area (Å²) in [6.07, 6.45) is 3.49. The van der Waals surface area contributed by atoms with Gasteiger partial charge in [-0.2, -0.15) is 4.31 Å². The normalized spacial score (nSPS) is 17.7. The molecule has 0 unspecified atom stereocenters. The minimum Gasteiger partial charge on any atom is -0.361 e. The summed E-state index contributed by atoms with van der Waals surface area (Å²) in [5, 5.41) is 3.65. The number of aromatic amines is 1. The van der Waals surface area contributed by atoms with Crippen LogP contribution < -0.4 is 5.32 Å². The number of piperidine rings is 1. The van der Waals surface area contributed by atoms with E-state index in [1.54, 1.807) is 12.3 Å². The maximum absolute atomic E-state index is 13.5. The number of carbonyl (C=O) groups is 1. The van der Waals surface area contributed by atoms with Crippen molar-refractivity contribution in [2.24, 2.45) is 5.92 Å². The lowest BCUT2D eigenvalue weighted by Crippen LogP contribution is -2.45. The van der Waals surface area contributed by atoms with Gasteiger partial charge in [0.1, 0.15) is 11.6 Å². The average molecular weight is 448 g/mol. The van der Waals surface area contributed by atoms with Crippen molar-refractivity contribution < 1.29 is 22.0 Å². The van der Waals surface area contributed by atoms with Crippen LogP contribution in [0.1, 0.15) is 18.4 Å². The predicted octanol–water partition coefficient (Wildman–Crippen LogP) is 3.21. The van der Waals surface area contributed by atoms with Gasteiger partial charge in [-0.25, -0.2) is 17.2 Å². The Labute approximate surface area is 179 Å². The molecule has 0 radical (unpaired) electrons. The Morgan fingerprint density at radius 2 is 1.87 bits per heavy atom. The van der Waals surface area contributed by atoms with Gasteiger partial charge >= 0.3 is 0 Å². The van der Waals surface area contributed by atoms with Crippen LogP contribution in [0, 0.1) is 17.6 Å². The van der Waals surface area contributed by atoms with Crippen LogP contribution >= 0.6 is 0 Å². The number of H-pyrrole nitrogens is 1. The Morgan fingerprint density at radius 1 is 1.13 bits per heavy atom. The van der Waals surface area contributed by atoms with Crippen LogP contribution in [0.2, 0.25) is 0 Å². The number of hydrogen-bond donors (Lipinski definition) is 2. The second kappa shape index (κ2) is 8.76. The van der Waals surface area contributed by atoms with E-state index in [-0.39, 0.29) is 23.2 Å². The number of nitrogens with one attached hydrogen (secondary N) is 2. The maximum atomic E-state index is 13.5. The van der Waals surface area contributed by atoms with E-state index in [2.05, 4.69) is 10.3 Å². The van der Waals surface area contributed by atoms with Gasteiger partial charge in [0.2, 0.25) is 15.9 Å². The molecule has 1 aliphatic rings. The van der Waals surface area contributed by atoms with Crippen LogP contribution in [-0.2, 0) is 21.2 Å². The third-order valence-electron chi connectivity index (χ3n) is 5.63. The third-order valence-corrected chi connectivity index (χ3v) is 7.51. The topological polar surface area (TPSA) is 82.3 Å². The highest BCUT2D eigenvalue weighted by atomic mass is 32.2. The molecule has 0 saturated carbocycles. The second-order valence-corrected chi connectivity index (χ2v) is 9.64. The number of fused-ring (bicyclic) bond motifs is 1. The number of halogens is 2. The molecule has 4 rings (SSSR count). The summed E-state index contributed by atoms with van der Waals surface area (Å²) in [4.78, 5) is 15.7. The van der Waals surface area contributed by atoms with Crippen molar-refractivity contribution in [1.82, 2.24) is 14.6 Å². The van der Waals surface area contributed by atoms with Gasteiger partial charge in [-0.3, -0.25) is 4.79 Å². The Balaban J connectivity index is 1.36. The number of carbonyl (C=O) groups excluding carboxylic acids is 1. The van der Waals surface area contributed by atoms with Crippen LogP contribution in [0.4, 0.5) is 8.78 Å². The summed E-state index contributed by atoms with van der Waals surface area (Å²) >= 11 is 0. The van der Waals surface area contributed by atoms with E-state index in [4.69, 9.17) is 0 Å². The van der Waals surface area contributed by atoms with Gasteiger partial charge in [0.25, 0.3) is 0 Å². The first kappa shape index (κ1) is 21.5. The molecule has 164 valence electrons. The van der Waals surface area contributed by atoms with Crippen molar-refractivity contribution in [2.45, 2.75) is 24.2 Å². The average Bonchev–Trinajstić information content (AvgIpc) is 3.16. The van der Waals surface area contributed by atoms with E-state index >= 15 is 0 Å². The number of benzene rings is 2. The van der Waals surface area contributed by atoms with Gasteiger partial charge in [0, 0.05) is 36.7 Å². The zero-order valence-electron chi connectivity index (χ0n) is 16.8. The fourth-order valence-electron chi connectivity index (χ4n) is 3.95. The van der Waals surface area contributed by atoms with Crippen molar-refractivity contribution in [3.63, 3.8) is 0 Å². The Kier molecular flexibility index (Phi) is 6.06. The molecule has 3 aromatic rings. The van der Waals surface area contributed by atoms with E-state index < -0.39 is 21.8 Å². The number of rotatable bonds is 6. The fourth-order valence-corrected chi connectivity index (χ4v) is 5.48. The molecule has 1 aliphatic heterocycles. The molecule has 9 heteroatoms. The molecule has 1 saturated heterocycles. The number of aromatic nitrogens is 1. The van der Waals surface area contributed by atoms with Crippen molar-refractivity contribution in [3.05, 3.63) is 65.9 Å². The minimum atomic E-state index is -3.78. The Morgan fingerprint density at radius 3 is 2.65 bits per heavy atom. The van der Waals surface area contributed by atoms with Crippen LogP contribution in [0.3, 0.4) is 0 Å². The molecule has 0 spiro atoms. The summed E-state index contributed by atoms with van der Waals surface area (Å²) < 4.78 is 53.6. The van der Waals surface area contributed by atoms with E-state index in [9.17, 15) is 22.0 Å². The van der Waals surface area contributed by atoms with Crippen molar-refractivity contribution in [3.8, 4) is 0 Å². The zero-order chi connectivity index (χ0) is 22.0. The second-order valence-electron chi connectivity index (χ2n) is 7.70.